The minimum Gasteiger partial charge on any atom is -0.346 e. The van der Waals surface area contributed by atoms with Crippen molar-refractivity contribution in [2.75, 3.05) is 6.54 Å². The predicted octanol–water partition coefficient (Wildman–Crippen LogP) is 1.81. The Morgan fingerprint density at radius 3 is 2.33 bits per heavy atom. The minimum absolute atomic E-state index is 0.00782. The lowest BCUT2D eigenvalue weighted by atomic mass is 9.88. The molecule has 0 heterocycles. The molecule has 0 saturated heterocycles. The molecule has 24 heavy (non-hydrogen) atoms. The fourth-order valence-electron chi connectivity index (χ4n) is 3.13. The molecule has 2 amide bonds. The summed E-state index contributed by atoms with van der Waals surface area (Å²) in [5.74, 6) is -0.880. The molecule has 132 valence electrons. The van der Waals surface area contributed by atoms with E-state index in [0.717, 1.165) is 31.2 Å². The molecule has 0 bridgehead atoms. The van der Waals surface area contributed by atoms with E-state index in [2.05, 4.69) is 10.6 Å². The normalized spacial score (nSPS) is 17.5. The van der Waals surface area contributed by atoms with Gasteiger partial charge < -0.3 is 16.4 Å². The lowest BCUT2D eigenvalue weighted by Crippen LogP contribution is -2.51. The van der Waals surface area contributed by atoms with Crippen LogP contribution in [0.4, 0.5) is 4.39 Å². The molecule has 0 aliphatic heterocycles. The van der Waals surface area contributed by atoms with E-state index in [0.29, 0.717) is 0 Å². The highest BCUT2D eigenvalue weighted by molar-refractivity contribution is 5.87. The van der Waals surface area contributed by atoms with Crippen molar-refractivity contribution in [3.8, 4) is 0 Å². The fourth-order valence-corrected chi connectivity index (χ4v) is 3.13. The van der Waals surface area contributed by atoms with Crippen molar-refractivity contribution in [1.82, 2.24) is 10.6 Å². The minimum atomic E-state index is -0.629. The summed E-state index contributed by atoms with van der Waals surface area (Å²) in [6.45, 7) is 3.60. The lowest BCUT2D eigenvalue weighted by Gasteiger charge is -2.31. The second-order valence-corrected chi connectivity index (χ2v) is 6.83. The van der Waals surface area contributed by atoms with Crippen molar-refractivity contribution in [2.45, 2.75) is 51.1 Å². The Kier molecular flexibility index (Phi) is 5.94. The van der Waals surface area contributed by atoms with Gasteiger partial charge in [0.25, 0.3) is 0 Å². The SMILES string of the molecule is CC(C)[C@H](N)C(=O)NCC(=O)NC1(c2ccc(F)cc2)CCCC1. The van der Waals surface area contributed by atoms with E-state index in [4.69, 9.17) is 5.73 Å². The van der Waals surface area contributed by atoms with Crippen LogP contribution in [0.2, 0.25) is 0 Å². The molecular weight excluding hydrogens is 309 g/mol. The van der Waals surface area contributed by atoms with Crippen molar-refractivity contribution in [3.05, 3.63) is 35.6 Å². The molecule has 1 aromatic rings. The summed E-state index contributed by atoms with van der Waals surface area (Å²) in [4.78, 5) is 24.2. The van der Waals surface area contributed by atoms with Gasteiger partial charge in [-0.3, -0.25) is 9.59 Å². The molecule has 1 atom stereocenters. The first-order valence-corrected chi connectivity index (χ1v) is 8.44. The first-order chi connectivity index (χ1) is 11.3. The number of rotatable bonds is 6. The van der Waals surface area contributed by atoms with Gasteiger partial charge in [0.15, 0.2) is 0 Å². The van der Waals surface area contributed by atoms with Gasteiger partial charge in [0, 0.05) is 0 Å². The molecule has 1 aromatic carbocycles. The maximum absolute atomic E-state index is 13.2. The van der Waals surface area contributed by atoms with Crippen molar-refractivity contribution in [2.24, 2.45) is 11.7 Å². The summed E-state index contributed by atoms with van der Waals surface area (Å²) < 4.78 is 13.2. The van der Waals surface area contributed by atoms with Gasteiger partial charge in [0.1, 0.15) is 5.82 Å². The largest absolute Gasteiger partial charge is 0.346 e. The Balaban J connectivity index is 1.99. The van der Waals surface area contributed by atoms with Gasteiger partial charge in [-0.15, -0.1) is 0 Å². The van der Waals surface area contributed by atoms with Gasteiger partial charge >= 0.3 is 0 Å². The Hall–Kier alpha value is -1.95. The van der Waals surface area contributed by atoms with Crippen molar-refractivity contribution < 1.29 is 14.0 Å². The molecule has 1 aliphatic carbocycles. The molecule has 1 fully saturated rings. The maximum atomic E-state index is 13.2. The first kappa shape index (κ1) is 18.4. The molecule has 1 saturated carbocycles. The van der Waals surface area contributed by atoms with E-state index in [9.17, 15) is 14.0 Å². The maximum Gasteiger partial charge on any atom is 0.240 e. The number of hydrogen-bond acceptors (Lipinski definition) is 3. The Labute approximate surface area is 142 Å². The summed E-state index contributed by atoms with van der Waals surface area (Å²) in [6, 6.07) is 5.62. The number of carbonyl (C=O) groups is 2. The average molecular weight is 335 g/mol. The van der Waals surface area contributed by atoms with Crippen LogP contribution < -0.4 is 16.4 Å². The molecular formula is C18H26FN3O2. The summed E-state index contributed by atoms with van der Waals surface area (Å²) in [6.07, 6.45) is 3.62. The highest BCUT2D eigenvalue weighted by Gasteiger charge is 2.37. The zero-order valence-electron chi connectivity index (χ0n) is 14.3. The van der Waals surface area contributed by atoms with Crippen LogP contribution in [0.5, 0.6) is 0 Å². The van der Waals surface area contributed by atoms with E-state index >= 15 is 0 Å². The second-order valence-electron chi connectivity index (χ2n) is 6.83. The van der Waals surface area contributed by atoms with Crippen LogP contribution in [0.1, 0.15) is 45.1 Å². The summed E-state index contributed by atoms with van der Waals surface area (Å²) in [5, 5.41) is 5.61. The van der Waals surface area contributed by atoms with E-state index in [-0.39, 0.29) is 30.1 Å². The third-order valence-electron chi connectivity index (χ3n) is 4.68. The van der Waals surface area contributed by atoms with Crippen LogP contribution in [0, 0.1) is 11.7 Å². The van der Waals surface area contributed by atoms with Crippen molar-refractivity contribution >= 4 is 11.8 Å². The third-order valence-corrected chi connectivity index (χ3v) is 4.68. The van der Waals surface area contributed by atoms with Crippen molar-refractivity contribution in [1.29, 1.82) is 0 Å². The Morgan fingerprint density at radius 1 is 1.21 bits per heavy atom. The molecule has 0 unspecified atom stereocenters. The molecule has 5 nitrogen and oxygen atoms in total. The molecule has 4 N–H and O–H groups in total. The molecule has 0 aromatic heterocycles. The van der Waals surface area contributed by atoms with Crippen LogP contribution in [-0.4, -0.2) is 24.4 Å². The predicted molar refractivity (Wildman–Crippen MR) is 90.5 cm³/mol. The molecule has 0 spiro atoms. The van der Waals surface area contributed by atoms with E-state index < -0.39 is 11.6 Å². The Morgan fingerprint density at radius 2 is 1.79 bits per heavy atom. The number of benzene rings is 1. The van der Waals surface area contributed by atoms with E-state index in [1.165, 1.54) is 12.1 Å². The molecule has 6 heteroatoms. The topological polar surface area (TPSA) is 84.2 Å². The van der Waals surface area contributed by atoms with Gasteiger partial charge in [-0.05, 0) is 36.5 Å². The van der Waals surface area contributed by atoms with Crippen LogP contribution in [0.3, 0.4) is 0 Å². The zero-order chi connectivity index (χ0) is 17.7. The highest BCUT2D eigenvalue weighted by Crippen LogP contribution is 2.38. The van der Waals surface area contributed by atoms with E-state index in [1.807, 2.05) is 13.8 Å². The second kappa shape index (κ2) is 7.75. The van der Waals surface area contributed by atoms with Crippen LogP contribution >= 0.6 is 0 Å². The summed E-state index contributed by atoms with van der Waals surface area (Å²) in [5.41, 5.74) is 6.19. The van der Waals surface area contributed by atoms with Gasteiger partial charge in [-0.2, -0.15) is 0 Å². The van der Waals surface area contributed by atoms with Crippen LogP contribution in [-0.2, 0) is 15.1 Å². The average Bonchev–Trinajstić information content (AvgIpc) is 3.01. The number of carbonyl (C=O) groups excluding carboxylic acids is 2. The number of amides is 2. The molecule has 0 radical (unpaired) electrons. The van der Waals surface area contributed by atoms with Crippen LogP contribution in [0.15, 0.2) is 24.3 Å². The fraction of sp³-hybridized carbons (Fsp3) is 0.556. The number of nitrogens with one attached hydrogen (secondary N) is 2. The van der Waals surface area contributed by atoms with Gasteiger partial charge in [-0.1, -0.05) is 38.8 Å². The summed E-state index contributed by atoms with van der Waals surface area (Å²) >= 11 is 0. The number of nitrogens with two attached hydrogens (primary N) is 1. The summed E-state index contributed by atoms with van der Waals surface area (Å²) in [7, 11) is 0. The quantitative estimate of drug-likeness (QED) is 0.741. The van der Waals surface area contributed by atoms with Gasteiger partial charge in [0.2, 0.25) is 11.8 Å². The smallest absolute Gasteiger partial charge is 0.240 e. The monoisotopic (exact) mass is 335 g/mol. The highest BCUT2D eigenvalue weighted by atomic mass is 19.1. The van der Waals surface area contributed by atoms with Gasteiger partial charge in [0.05, 0.1) is 18.1 Å². The molecule has 2 rings (SSSR count). The number of halogens is 1. The lowest BCUT2D eigenvalue weighted by molar-refractivity contribution is -0.128. The van der Waals surface area contributed by atoms with Crippen LogP contribution in [0.25, 0.3) is 0 Å². The van der Waals surface area contributed by atoms with Crippen molar-refractivity contribution in [3.63, 3.8) is 0 Å². The standard InChI is InChI=1S/C18H26FN3O2/c1-12(2)16(20)17(24)21-11-15(23)22-18(9-3-4-10-18)13-5-7-14(19)8-6-13/h5-8,12,16H,3-4,9-11,20H2,1-2H3,(H,21,24)(H,22,23)/t16-/m0/s1. The van der Waals surface area contributed by atoms with Gasteiger partial charge in [-0.25, -0.2) is 4.39 Å². The molecule has 1 aliphatic rings. The van der Waals surface area contributed by atoms with E-state index in [1.54, 1.807) is 12.1 Å². The number of hydrogen-bond donors (Lipinski definition) is 3. The Bertz CT molecular complexity index is 580. The third kappa shape index (κ3) is 4.32. The zero-order valence-corrected chi connectivity index (χ0v) is 14.3. The first-order valence-electron chi connectivity index (χ1n) is 8.44.